The molecule has 23 heavy (non-hydrogen) atoms. The van der Waals surface area contributed by atoms with Gasteiger partial charge in [0.25, 0.3) is 0 Å². The molecule has 0 saturated carbocycles. The van der Waals surface area contributed by atoms with Crippen LogP contribution in [0.3, 0.4) is 0 Å². The first-order valence-corrected chi connectivity index (χ1v) is 7.83. The van der Waals surface area contributed by atoms with Gasteiger partial charge in [0.2, 0.25) is 0 Å². The summed E-state index contributed by atoms with van der Waals surface area (Å²) in [6.07, 6.45) is 1.82. The Labute approximate surface area is 132 Å². The van der Waals surface area contributed by atoms with Crippen molar-refractivity contribution in [2.75, 3.05) is 13.1 Å². The van der Waals surface area contributed by atoms with Crippen molar-refractivity contribution in [3.05, 3.63) is 35.9 Å². The van der Waals surface area contributed by atoms with Gasteiger partial charge < -0.3 is 9.55 Å². The van der Waals surface area contributed by atoms with Crippen LogP contribution in [0.25, 0.3) is 0 Å². The lowest BCUT2D eigenvalue weighted by Crippen LogP contribution is -2.39. The molecule has 1 unspecified atom stereocenters. The maximum absolute atomic E-state index is 12.6. The molecule has 0 radical (unpaired) electrons. The summed E-state index contributed by atoms with van der Waals surface area (Å²) in [5.74, 6) is 0.766. The number of aryl methyl sites for hydroxylation is 1. The van der Waals surface area contributed by atoms with E-state index in [9.17, 15) is 13.2 Å². The van der Waals surface area contributed by atoms with Crippen LogP contribution in [0.2, 0.25) is 0 Å². The Hall–Kier alpha value is -1.83. The van der Waals surface area contributed by atoms with Gasteiger partial charge in [-0.15, -0.1) is 0 Å². The minimum absolute atomic E-state index is 0.0422. The summed E-state index contributed by atoms with van der Waals surface area (Å²) in [7, 11) is 0. The lowest BCUT2D eigenvalue weighted by Gasteiger charge is -2.34. The van der Waals surface area contributed by atoms with Crippen LogP contribution in [-0.4, -0.2) is 43.7 Å². The first kappa shape index (κ1) is 16.0. The molecule has 0 amide bonds. The van der Waals surface area contributed by atoms with Crippen molar-refractivity contribution >= 4 is 0 Å². The SMILES string of the molecule is CCCn1ccnc1C1c2nc[nH]c2CCN1CCC(F)(F)F. The summed E-state index contributed by atoms with van der Waals surface area (Å²) in [6.45, 7) is 3.37. The Kier molecular flexibility index (Phi) is 4.43. The molecule has 2 aromatic heterocycles. The fourth-order valence-corrected chi connectivity index (χ4v) is 3.12. The maximum atomic E-state index is 12.6. The molecule has 3 rings (SSSR count). The summed E-state index contributed by atoms with van der Waals surface area (Å²) >= 11 is 0. The van der Waals surface area contributed by atoms with Gasteiger partial charge in [-0.1, -0.05) is 6.92 Å². The largest absolute Gasteiger partial charge is 0.390 e. The van der Waals surface area contributed by atoms with E-state index in [0.29, 0.717) is 13.0 Å². The number of nitrogens with one attached hydrogen (secondary N) is 1. The van der Waals surface area contributed by atoms with Crippen molar-refractivity contribution in [2.45, 2.75) is 44.9 Å². The Bertz CT molecular complexity index is 646. The van der Waals surface area contributed by atoms with Crippen LogP contribution < -0.4 is 0 Å². The predicted octanol–water partition coefficient (Wildman–Crippen LogP) is 2.92. The van der Waals surface area contributed by atoms with Crippen molar-refractivity contribution in [3.63, 3.8) is 0 Å². The minimum atomic E-state index is -4.16. The molecule has 1 aliphatic heterocycles. The molecule has 1 atom stereocenters. The van der Waals surface area contributed by atoms with Crippen LogP contribution in [0.1, 0.15) is 43.0 Å². The molecule has 126 valence electrons. The van der Waals surface area contributed by atoms with Crippen LogP contribution >= 0.6 is 0 Å². The van der Waals surface area contributed by atoms with Crippen LogP contribution in [0, 0.1) is 0 Å². The number of halogens is 3. The van der Waals surface area contributed by atoms with Crippen LogP contribution in [0.5, 0.6) is 0 Å². The number of hydrogen-bond donors (Lipinski definition) is 1. The molecule has 8 heteroatoms. The van der Waals surface area contributed by atoms with Gasteiger partial charge in [0.05, 0.1) is 18.4 Å². The monoisotopic (exact) mass is 327 g/mol. The third-order valence-corrected chi connectivity index (χ3v) is 4.16. The standard InChI is InChI=1S/C15H20F3N5/c1-2-6-23-9-5-19-14(23)13-12-11(20-10-21-12)3-7-22(13)8-4-15(16,17)18/h5,9-10,13H,2-4,6-8H2,1H3,(H,20,21). The van der Waals surface area contributed by atoms with Crippen molar-refractivity contribution in [1.82, 2.24) is 24.4 Å². The zero-order valence-electron chi connectivity index (χ0n) is 13.0. The van der Waals surface area contributed by atoms with E-state index in [1.54, 1.807) is 12.5 Å². The molecule has 0 bridgehead atoms. The Morgan fingerprint density at radius 1 is 1.30 bits per heavy atom. The fraction of sp³-hybridized carbons (Fsp3) is 0.600. The molecular weight excluding hydrogens is 307 g/mol. The van der Waals surface area contributed by atoms with Gasteiger partial charge in [-0.25, -0.2) is 9.97 Å². The number of imidazole rings is 2. The average Bonchev–Trinajstić information content (AvgIpc) is 3.12. The molecule has 0 fully saturated rings. The van der Waals surface area contributed by atoms with E-state index in [1.807, 2.05) is 15.7 Å². The van der Waals surface area contributed by atoms with E-state index in [-0.39, 0.29) is 12.6 Å². The van der Waals surface area contributed by atoms with E-state index in [2.05, 4.69) is 21.9 Å². The second kappa shape index (κ2) is 6.35. The highest BCUT2D eigenvalue weighted by molar-refractivity contribution is 5.26. The number of aromatic nitrogens is 4. The maximum Gasteiger partial charge on any atom is 0.390 e. The summed E-state index contributed by atoms with van der Waals surface area (Å²) in [5, 5.41) is 0. The van der Waals surface area contributed by atoms with Gasteiger partial charge >= 0.3 is 6.18 Å². The lowest BCUT2D eigenvalue weighted by molar-refractivity contribution is -0.139. The first-order valence-electron chi connectivity index (χ1n) is 7.83. The highest BCUT2D eigenvalue weighted by Crippen LogP contribution is 2.33. The summed E-state index contributed by atoms with van der Waals surface area (Å²) in [4.78, 5) is 13.7. The first-order chi connectivity index (χ1) is 11.0. The van der Waals surface area contributed by atoms with Gasteiger partial charge in [-0.05, 0) is 6.42 Å². The summed E-state index contributed by atoms with van der Waals surface area (Å²) in [5.41, 5.74) is 1.78. The molecule has 0 spiro atoms. The minimum Gasteiger partial charge on any atom is -0.348 e. The molecule has 2 aromatic rings. The second-order valence-corrected chi connectivity index (χ2v) is 5.80. The van der Waals surface area contributed by atoms with E-state index < -0.39 is 12.6 Å². The number of nitrogens with zero attached hydrogens (tertiary/aromatic N) is 4. The van der Waals surface area contributed by atoms with E-state index >= 15 is 0 Å². The van der Waals surface area contributed by atoms with Crippen molar-refractivity contribution < 1.29 is 13.2 Å². The third-order valence-electron chi connectivity index (χ3n) is 4.16. The Morgan fingerprint density at radius 3 is 2.87 bits per heavy atom. The van der Waals surface area contributed by atoms with Gasteiger partial charge in [0, 0.05) is 44.1 Å². The Balaban J connectivity index is 1.92. The van der Waals surface area contributed by atoms with E-state index in [4.69, 9.17) is 0 Å². The normalized spacial score (nSPS) is 19.0. The zero-order chi connectivity index (χ0) is 16.4. The van der Waals surface area contributed by atoms with Crippen molar-refractivity contribution in [2.24, 2.45) is 0 Å². The summed E-state index contributed by atoms with van der Waals surface area (Å²) < 4.78 is 39.9. The van der Waals surface area contributed by atoms with Crippen LogP contribution in [-0.2, 0) is 13.0 Å². The number of aromatic amines is 1. The molecular formula is C15H20F3N5. The summed E-state index contributed by atoms with van der Waals surface area (Å²) in [6, 6.07) is -0.325. The van der Waals surface area contributed by atoms with E-state index in [0.717, 1.165) is 30.2 Å². The average molecular weight is 327 g/mol. The number of hydrogen-bond acceptors (Lipinski definition) is 3. The zero-order valence-corrected chi connectivity index (χ0v) is 13.0. The van der Waals surface area contributed by atoms with Crippen molar-refractivity contribution in [1.29, 1.82) is 0 Å². The molecule has 0 aliphatic carbocycles. The number of alkyl halides is 3. The van der Waals surface area contributed by atoms with E-state index in [1.165, 1.54) is 0 Å². The molecule has 3 heterocycles. The third kappa shape index (κ3) is 3.41. The molecule has 0 aromatic carbocycles. The number of rotatable bonds is 5. The topological polar surface area (TPSA) is 49.7 Å². The molecule has 0 saturated heterocycles. The predicted molar refractivity (Wildman–Crippen MR) is 78.9 cm³/mol. The Morgan fingerprint density at radius 2 is 2.13 bits per heavy atom. The van der Waals surface area contributed by atoms with Gasteiger partial charge in [-0.2, -0.15) is 13.2 Å². The number of H-pyrrole nitrogens is 1. The molecule has 1 aliphatic rings. The fourth-order valence-electron chi connectivity index (χ4n) is 3.12. The lowest BCUT2D eigenvalue weighted by atomic mass is 10.0. The molecule has 5 nitrogen and oxygen atoms in total. The smallest absolute Gasteiger partial charge is 0.348 e. The van der Waals surface area contributed by atoms with Gasteiger partial charge in [0.15, 0.2) is 0 Å². The van der Waals surface area contributed by atoms with Gasteiger partial charge in [-0.3, -0.25) is 4.90 Å². The highest BCUT2D eigenvalue weighted by atomic mass is 19.4. The van der Waals surface area contributed by atoms with Crippen LogP contribution in [0.15, 0.2) is 18.7 Å². The quantitative estimate of drug-likeness (QED) is 0.919. The van der Waals surface area contributed by atoms with Crippen LogP contribution in [0.4, 0.5) is 13.2 Å². The van der Waals surface area contributed by atoms with Gasteiger partial charge in [0.1, 0.15) is 11.9 Å². The second-order valence-electron chi connectivity index (χ2n) is 5.80. The molecule has 1 N–H and O–H groups in total. The highest BCUT2D eigenvalue weighted by Gasteiger charge is 2.36. The number of fused-ring (bicyclic) bond motifs is 1. The van der Waals surface area contributed by atoms with Crippen molar-refractivity contribution in [3.8, 4) is 0 Å².